The molecule has 2 aromatic carbocycles. The molecule has 0 saturated heterocycles. The Labute approximate surface area is 137 Å². The molecule has 0 amide bonds. The van der Waals surface area contributed by atoms with Gasteiger partial charge in [0.15, 0.2) is 11.6 Å². The second-order valence-corrected chi connectivity index (χ2v) is 5.13. The summed E-state index contributed by atoms with van der Waals surface area (Å²) in [5.41, 5.74) is 8.80. The molecule has 1 aromatic heterocycles. The van der Waals surface area contributed by atoms with Gasteiger partial charge in [-0.15, -0.1) is 0 Å². The molecule has 5 heteroatoms. The van der Waals surface area contributed by atoms with Gasteiger partial charge in [-0.25, -0.2) is 9.97 Å². The number of aromatic hydroxyl groups is 1. The fraction of sp³-hybridized carbons (Fsp3) is 0.111. The number of hydrogen-bond donors (Lipinski definition) is 3. The van der Waals surface area contributed by atoms with Crippen molar-refractivity contribution in [1.82, 2.24) is 9.97 Å². The molecule has 4 N–H and O–H groups in total. The van der Waals surface area contributed by atoms with Crippen molar-refractivity contribution < 1.29 is 7.85 Å². The fourth-order valence-corrected chi connectivity index (χ4v) is 2.18. The zero-order valence-electron chi connectivity index (χ0n) is 14.6. The summed E-state index contributed by atoms with van der Waals surface area (Å²) in [7, 11) is 0. The number of anilines is 2. The van der Waals surface area contributed by atoms with E-state index in [-0.39, 0.29) is 11.6 Å². The molecule has 3 rings (SSSR count). The van der Waals surface area contributed by atoms with E-state index in [0.29, 0.717) is 16.9 Å². The Balaban J connectivity index is 1.88. The lowest BCUT2D eigenvalue weighted by molar-refractivity contribution is 0.475. The summed E-state index contributed by atoms with van der Waals surface area (Å²) >= 11 is 0. The topological polar surface area (TPSA) is 84.1 Å². The van der Waals surface area contributed by atoms with Crippen LogP contribution in [-0.2, 0) is 6.50 Å². The van der Waals surface area contributed by atoms with Gasteiger partial charge in [-0.2, -0.15) is 0 Å². The maximum absolute atomic E-state index is 10.5. The first-order valence-corrected chi connectivity index (χ1v) is 7.12. The highest BCUT2D eigenvalue weighted by atomic mass is 16.3. The molecule has 0 aliphatic heterocycles. The zero-order chi connectivity index (χ0) is 18.0. The minimum Gasteiger partial charge on any atom is -0.503 e. The Morgan fingerprint density at radius 1 is 1.09 bits per heavy atom. The van der Waals surface area contributed by atoms with E-state index in [1.54, 1.807) is 24.3 Å². The molecule has 5 nitrogen and oxygen atoms in total. The van der Waals surface area contributed by atoms with Crippen LogP contribution in [0.25, 0.3) is 11.3 Å². The molecule has 0 bridgehead atoms. The van der Waals surface area contributed by atoms with E-state index in [1.165, 1.54) is 6.33 Å². The molecule has 0 spiro atoms. The molecule has 0 aliphatic carbocycles. The Morgan fingerprint density at radius 2 is 1.78 bits per heavy atom. The summed E-state index contributed by atoms with van der Waals surface area (Å²) in [6.45, 7) is 0.0954. The highest BCUT2D eigenvalue weighted by molar-refractivity contribution is 5.74. The largest absolute Gasteiger partial charge is 0.503 e. The maximum atomic E-state index is 10.5. The normalized spacial score (nSPS) is 12.4. The van der Waals surface area contributed by atoms with Gasteiger partial charge in [0.2, 0.25) is 0 Å². The predicted molar refractivity (Wildman–Crippen MR) is 91.5 cm³/mol. The van der Waals surface area contributed by atoms with Crippen LogP contribution in [0.1, 0.15) is 13.9 Å². The predicted octanol–water partition coefficient (Wildman–Crippen LogP) is 3.36. The zero-order valence-corrected chi connectivity index (χ0v) is 12.6. The molecule has 0 atom stereocenters. The summed E-state index contributed by atoms with van der Waals surface area (Å²) in [5.74, 6) is 0.221. The fourth-order valence-electron chi connectivity index (χ4n) is 2.18. The number of rotatable bonds is 4. The van der Waals surface area contributed by atoms with E-state index in [0.717, 1.165) is 11.1 Å². The quantitative estimate of drug-likeness (QED) is 0.688. The average Bonchev–Trinajstić information content (AvgIpc) is 2.57. The van der Waals surface area contributed by atoms with Gasteiger partial charge in [-0.1, -0.05) is 42.0 Å². The Bertz CT molecular complexity index is 875. The molecular weight excluding hydrogens is 288 g/mol. The van der Waals surface area contributed by atoms with Gasteiger partial charge in [0, 0.05) is 20.5 Å². The van der Waals surface area contributed by atoms with Crippen molar-refractivity contribution in [3.63, 3.8) is 0 Å². The Kier molecular flexibility index (Phi) is 3.54. The molecule has 0 saturated carbocycles. The van der Waals surface area contributed by atoms with E-state index in [2.05, 4.69) is 15.3 Å². The number of benzene rings is 2. The van der Waals surface area contributed by atoms with Crippen LogP contribution in [0, 0.1) is 6.92 Å². The lowest BCUT2D eigenvalue weighted by Crippen LogP contribution is -1.99. The van der Waals surface area contributed by atoms with Crippen molar-refractivity contribution in [3.05, 3.63) is 66.0 Å². The van der Waals surface area contributed by atoms with Gasteiger partial charge in [-0.05, 0) is 24.6 Å². The molecule has 0 radical (unpaired) electrons. The van der Waals surface area contributed by atoms with Crippen molar-refractivity contribution in [2.75, 3.05) is 5.32 Å². The van der Waals surface area contributed by atoms with Crippen LogP contribution in [0.3, 0.4) is 0 Å². The summed E-state index contributed by atoms with van der Waals surface area (Å²) in [6, 6.07) is 14.2. The number of nitrogens with zero attached hydrogens (tertiary/aromatic N) is 2. The van der Waals surface area contributed by atoms with Gasteiger partial charge in [0.1, 0.15) is 12.0 Å². The molecule has 116 valence electrons. The van der Waals surface area contributed by atoms with Crippen LogP contribution in [-0.4, -0.2) is 15.1 Å². The monoisotopic (exact) mass is 308 g/mol. The second kappa shape index (κ2) is 6.46. The van der Waals surface area contributed by atoms with Crippen molar-refractivity contribution in [3.8, 4) is 17.0 Å². The van der Waals surface area contributed by atoms with Crippen LogP contribution < -0.4 is 11.1 Å². The third-order valence-electron chi connectivity index (χ3n) is 3.46. The smallest absolute Gasteiger partial charge is 0.185 e. The van der Waals surface area contributed by atoms with E-state index in [9.17, 15) is 5.11 Å². The molecule has 23 heavy (non-hydrogen) atoms. The second-order valence-electron chi connectivity index (χ2n) is 5.13. The van der Waals surface area contributed by atoms with E-state index in [4.69, 9.17) is 8.48 Å². The first kappa shape index (κ1) is 12.6. The SMILES string of the molecule is [2H]C([2H])(N)c1ccc(Nc2ncnc(-c3ccc(C)cc3)c2O)cc1. The number of aromatic nitrogens is 2. The van der Waals surface area contributed by atoms with Crippen molar-refractivity contribution in [1.29, 1.82) is 0 Å². The Morgan fingerprint density at radius 3 is 2.43 bits per heavy atom. The molecule has 1 heterocycles. The summed E-state index contributed by atoms with van der Waals surface area (Å²) in [4.78, 5) is 8.24. The van der Waals surface area contributed by atoms with Gasteiger partial charge < -0.3 is 16.2 Å². The molecular formula is C18H18N4O. The standard InChI is InChI=1S/C18H18N4O/c1-12-2-6-14(7-3-12)16-17(23)18(21-11-20-16)22-15-8-4-13(10-19)5-9-15/h2-9,11,23H,10,19H2,1H3,(H,20,21,22)/i10D2. The molecule has 0 aliphatic rings. The summed E-state index contributed by atoms with van der Waals surface area (Å²) in [6.07, 6.45) is 1.38. The molecule has 0 fully saturated rings. The van der Waals surface area contributed by atoms with Crippen LogP contribution in [0.5, 0.6) is 5.75 Å². The number of nitrogens with two attached hydrogens (primary N) is 1. The van der Waals surface area contributed by atoms with E-state index < -0.39 is 6.50 Å². The minimum atomic E-state index is -1.89. The third kappa shape index (κ3) is 3.30. The van der Waals surface area contributed by atoms with Crippen LogP contribution in [0.4, 0.5) is 11.5 Å². The molecule has 3 aromatic rings. The first-order chi connectivity index (χ1) is 11.8. The van der Waals surface area contributed by atoms with E-state index >= 15 is 0 Å². The van der Waals surface area contributed by atoms with Crippen LogP contribution in [0.2, 0.25) is 0 Å². The van der Waals surface area contributed by atoms with Crippen LogP contribution >= 0.6 is 0 Å². The number of aryl methyl sites for hydroxylation is 1. The average molecular weight is 308 g/mol. The summed E-state index contributed by atoms with van der Waals surface area (Å²) < 4.78 is 15.0. The third-order valence-corrected chi connectivity index (χ3v) is 3.46. The highest BCUT2D eigenvalue weighted by Crippen LogP contribution is 2.33. The number of nitrogens with one attached hydrogen (secondary N) is 1. The lowest BCUT2D eigenvalue weighted by Gasteiger charge is -2.11. The minimum absolute atomic E-state index is 0.0513. The lowest BCUT2D eigenvalue weighted by atomic mass is 10.1. The van der Waals surface area contributed by atoms with Crippen molar-refractivity contribution >= 4 is 11.5 Å². The van der Waals surface area contributed by atoms with Gasteiger partial charge >= 0.3 is 0 Å². The maximum Gasteiger partial charge on any atom is 0.185 e. The Hall–Kier alpha value is -2.92. The van der Waals surface area contributed by atoms with Gasteiger partial charge in [-0.3, -0.25) is 0 Å². The van der Waals surface area contributed by atoms with Gasteiger partial charge in [0.25, 0.3) is 0 Å². The number of hydrogen-bond acceptors (Lipinski definition) is 5. The van der Waals surface area contributed by atoms with Crippen molar-refractivity contribution in [2.45, 2.75) is 13.4 Å². The van der Waals surface area contributed by atoms with Crippen LogP contribution in [0.15, 0.2) is 54.9 Å². The van der Waals surface area contributed by atoms with E-state index in [1.807, 2.05) is 31.2 Å². The molecule has 0 unspecified atom stereocenters. The first-order valence-electron chi connectivity index (χ1n) is 8.12. The van der Waals surface area contributed by atoms with Gasteiger partial charge in [0.05, 0.1) is 0 Å². The highest BCUT2D eigenvalue weighted by Gasteiger charge is 2.12. The summed E-state index contributed by atoms with van der Waals surface area (Å²) in [5, 5.41) is 13.5. The van der Waals surface area contributed by atoms with Crippen molar-refractivity contribution in [2.24, 2.45) is 5.73 Å².